The quantitative estimate of drug-likeness (QED) is 0.570. The molecule has 0 aliphatic heterocycles. The van der Waals surface area contributed by atoms with E-state index in [-0.39, 0.29) is 11.7 Å². The highest BCUT2D eigenvalue weighted by Gasteiger charge is 2.13. The minimum atomic E-state index is -0.161. The molecule has 1 amide bonds. The first-order chi connectivity index (χ1) is 13.5. The number of thioether (sulfide) groups is 1. The maximum Gasteiger partial charge on any atom is 0.234 e. The number of ether oxygens (including phenoxy) is 2. The monoisotopic (exact) mass is 417 g/mol. The molecule has 0 saturated heterocycles. The second kappa shape index (κ2) is 9.03. The molecular formula is C20H20ClN3O3S. The summed E-state index contributed by atoms with van der Waals surface area (Å²) < 4.78 is 12.4. The summed E-state index contributed by atoms with van der Waals surface area (Å²) in [4.78, 5) is 16.8. The number of anilines is 1. The number of hydrogen-bond acceptors (Lipinski definition) is 5. The van der Waals surface area contributed by atoms with Crippen LogP contribution in [0, 0.1) is 6.92 Å². The molecular weight excluding hydrogens is 398 g/mol. The van der Waals surface area contributed by atoms with Gasteiger partial charge in [0.15, 0.2) is 5.16 Å². The smallest absolute Gasteiger partial charge is 0.234 e. The van der Waals surface area contributed by atoms with Gasteiger partial charge in [-0.1, -0.05) is 29.4 Å². The van der Waals surface area contributed by atoms with Crippen molar-refractivity contribution in [3.63, 3.8) is 0 Å². The number of methoxy groups -OCH3 is 2. The van der Waals surface area contributed by atoms with E-state index < -0.39 is 0 Å². The zero-order valence-corrected chi connectivity index (χ0v) is 17.3. The summed E-state index contributed by atoms with van der Waals surface area (Å²) in [6, 6.07) is 10.9. The van der Waals surface area contributed by atoms with Crippen molar-refractivity contribution in [3.05, 3.63) is 59.4 Å². The molecule has 0 fully saturated rings. The standard InChI is InChI=1S/C20H20ClN3O3S/c1-13-15(21)5-4-6-17(13)24-10-9-22-20(24)28-12-19(25)23-16-8-7-14(26-2)11-18(16)27-3/h4-11H,12H2,1-3H3,(H,23,25). The Kier molecular flexibility index (Phi) is 6.49. The van der Waals surface area contributed by atoms with E-state index >= 15 is 0 Å². The zero-order valence-electron chi connectivity index (χ0n) is 15.7. The molecule has 28 heavy (non-hydrogen) atoms. The summed E-state index contributed by atoms with van der Waals surface area (Å²) in [7, 11) is 3.12. The average Bonchev–Trinajstić information content (AvgIpc) is 3.17. The largest absolute Gasteiger partial charge is 0.497 e. The van der Waals surface area contributed by atoms with Crippen LogP contribution in [0.25, 0.3) is 5.69 Å². The van der Waals surface area contributed by atoms with Crippen molar-refractivity contribution >= 4 is 35.0 Å². The van der Waals surface area contributed by atoms with E-state index in [4.69, 9.17) is 21.1 Å². The molecule has 0 unspecified atom stereocenters. The Morgan fingerprint density at radius 1 is 1.25 bits per heavy atom. The first-order valence-electron chi connectivity index (χ1n) is 8.47. The number of nitrogens with zero attached hydrogens (tertiary/aromatic N) is 2. The number of carbonyl (C=O) groups excluding carboxylic acids is 1. The molecule has 2 aromatic carbocycles. The van der Waals surface area contributed by atoms with Gasteiger partial charge in [-0.2, -0.15) is 0 Å². The highest BCUT2D eigenvalue weighted by atomic mass is 35.5. The normalized spacial score (nSPS) is 10.6. The van der Waals surface area contributed by atoms with E-state index in [9.17, 15) is 4.79 Å². The van der Waals surface area contributed by atoms with Gasteiger partial charge in [-0.3, -0.25) is 9.36 Å². The first kappa shape index (κ1) is 20.1. The van der Waals surface area contributed by atoms with Gasteiger partial charge in [0, 0.05) is 23.5 Å². The van der Waals surface area contributed by atoms with Crippen LogP contribution < -0.4 is 14.8 Å². The highest BCUT2D eigenvalue weighted by Crippen LogP contribution is 2.30. The van der Waals surface area contributed by atoms with E-state index in [0.29, 0.717) is 27.4 Å². The SMILES string of the molecule is COc1ccc(NC(=O)CSc2nccn2-c2cccc(Cl)c2C)c(OC)c1. The summed E-state index contributed by atoms with van der Waals surface area (Å²) >= 11 is 7.57. The lowest BCUT2D eigenvalue weighted by Gasteiger charge is -2.13. The number of aromatic nitrogens is 2. The molecule has 8 heteroatoms. The average molecular weight is 418 g/mol. The first-order valence-corrected chi connectivity index (χ1v) is 9.83. The minimum Gasteiger partial charge on any atom is -0.497 e. The highest BCUT2D eigenvalue weighted by molar-refractivity contribution is 7.99. The van der Waals surface area contributed by atoms with E-state index in [2.05, 4.69) is 10.3 Å². The fourth-order valence-electron chi connectivity index (χ4n) is 2.66. The van der Waals surface area contributed by atoms with Crippen LogP contribution >= 0.6 is 23.4 Å². The number of imidazole rings is 1. The summed E-state index contributed by atoms with van der Waals surface area (Å²) in [5, 5.41) is 4.25. The van der Waals surface area contributed by atoms with Gasteiger partial charge in [0.05, 0.1) is 31.3 Å². The van der Waals surface area contributed by atoms with Gasteiger partial charge in [0.25, 0.3) is 0 Å². The van der Waals surface area contributed by atoms with E-state index in [1.807, 2.05) is 35.9 Å². The lowest BCUT2D eigenvalue weighted by atomic mass is 10.2. The maximum atomic E-state index is 12.4. The second-order valence-corrected chi connectivity index (χ2v) is 7.22. The molecule has 0 spiro atoms. The predicted molar refractivity (Wildman–Crippen MR) is 112 cm³/mol. The molecule has 3 aromatic rings. The van der Waals surface area contributed by atoms with Gasteiger partial charge in [-0.15, -0.1) is 0 Å². The number of amides is 1. The molecule has 0 atom stereocenters. The molecule has 1 aromatic heterocycles. The van der Waals surface area contributed by atoms with Crippen molar-refractivity contribution < 1.29 is 14.3 Å². The Balaban J connectivity index is 1.70. The summed E-state index contributed by atoms with van der Waals surface area (Å²) in [5.74, 6) is 1.23. The number of nitrogens with one attached hydrogen (secondary N) is 1. The predicted octanol–water partition coefficient (Wildman–Crippen LogP) is 4.58. The maximum absolute atomic E-state index is 12.4. The van der Waals surface area contributed by atoms with Gasteiger partial charge in [0.2, 0.25) is 5.91 Å². The minimum absolute atomic E-state index is 0.161. The van der Waals surface area contributed by atoms with E-state index in [0.717, 1.165) is 11.3 Å². The van der Waals surface area contributed by atoms with Crippen molar-refractivity contribution in [2.24, 2.45) is 0 Å². The Morgan fingerprint density at radius 2 is 2.07 bits per heavy atom. The topological polar surface area (TPSA) is 65.4 Å². The molecule has 146 valence electrons. The molecule has 0 aliphatic rings. The van der Waals surface area contributed by atoms with Crippen LogP contribution in [0.2, 0.25) is 5.02 Å². The van der Waals surface area contributed by atoms with Crippen LogP contribution in [0.1, 0.15) is 5.56 Å². The summed E-state index contributed by atoms with van der Waals surface area (Å²) in [6.45, 7) is 1.95. The lowest BCUT2D eigenvalue weighted by molar-refractivity contribution is -0.113. The fourth-order valence-corrected chi connectivity index (χ4v) is 3.59. The van der Waals surface area contributed by atoms with Crippen molar-refractivity contribution in [3.8, 4) is 17.2 Å². The van der Waals surface area contributed by atoms with Crippen LogP contribution in [-0.2, 0) is 4.79 Å². The number of rotatable bonds is 7. The van der Waals surface area contributed by atoms with Crippen molar-refractivity contribution in [2.45, 2.75) is 12.1 Å². The lowest BCUT2D eigenvalue weighted by Crippen LogP contribution is -2.15. The van der Waals surface area contributed by atoms with Crippen LogP contribution in [-0.4, -0.2) is 35.4 Å². The van der Waals surface area contributed by atoms with Crippen LogP contribution in [0.15, 0.2) is 53.9 Å². The molecule has 0 aliphatic carbocycles. The molecule has 6 nitrogen and oxygen atoms in total. The third kappa shape index (κ3) is 4.43. The van der Waals surface area contributed by atoms with Crippen molar-refractivity contribution in [2.75, 3.05) is 25.3 Å². The van der Waals surface area contributed by atoms with Crippen LogP contribution in [0.3, 0.4) is 0 Å². The number of benzene rings is 2. The summed E-state index contributed by atoms with van der Waals surface area (Å²) in [5.41, 5.74) is 2.48. The number of halogens is 1. The van der Waals surface area contributed by atoms with Gasteiger partial charge in [0.1, 0.15) is 11.5 Å². The molecule has 3 rings (SSSR count). The number of hydrogen-bond donors (Lipinski definition) is 1. The van der Waals surface area contributed by atoms with Crippen molar-refractivity contribution in [1.29, 1.82) is 0 Å². The Labute approximate surface area is 172 Å². The fraction of sp³-hybridized carbons (Fsp3) is 0.200. The zero-order chi connectivity index (χ0) is 20.1. The molecule has 0 saturated carbocycles. The second-order valence-electron chi connectivity index (χ2n) is 5.87. The van der Waals surface area contributed by atoms with E-state index in [1.54, 1.807) is 38.6 Å². The molecule has 1 N–H and O–H groups in total. The molecule has 0 bridgehead atoms. The van der Waals surface area contributed by atoms with E-state index in [1.165, 1.54) is 11.8 Å². The van der Waals surface area contributed by atoms with Crippen LogP contribution in [0.5, 0.6) is 11.5 Å². The van der Waals surface area contributed by atoms with Crippen LogP contribution in [0.4, 0.5) is 5.69 Å². The van der Waals surface area contributed by atoms with Gasteiger partial charge < -0.3 is 14.8 Å². The number of carbonyl (C=O) groups is 1. The molecule has 0 radical (unpaired) electrons. The van der Waals surface area contributed by atoms with Crippen molar-refractivity contribution in [1.82, 2.24) is 9.55 Å². The Bertz CT molecular complexity index is 991. The third-order valence-corrected chi connectivity index (χ3v) is 5.50. The Hall–Kier alpha value is -2.64. The third-order valence-electron chi connectivity index (χ3n) is 4.12. The van der Waals surface area contributed by atoms with Gasteiger partial charge in [-0.05, 0) is 36.8 Å². The molecule has 1 heterocycles. The Morgan fingerprint density at radius 3 is 2.82 bits per heavy atom. The summed E-state index contributed by atoms with van der Waals surface area (Å²) in [6.07, 6.45) is 3.55. The van der Waals surface area contributed by atoms with Gasteiger partial charge >= 0.3 is 0 Å². The van der Waals surface area contributed by atoms with Gasteiger partial charge in [-0.25, -0.2) is 4.98 Å².